The van der Waals surface area contributed by atoms with E-state index in [0.29, 0.717) is 4.88 Å². The molecule has 2 N–H and O–H groups in total. The minimum Gasteiger partial charge on any atom is -0.481 e. The minimum absolute atomic E-state index is 0.0517. The maximum absolute atomic E-state index is 12.8. The summed E-state index contributed by atoms with van der Waals surface area (Å²) < 4.78 is 5.46. The highest BCUT2D eigenvalue weighted by Gasteiger charge is 2.58. The monoisotopic (exact) mass is 556 g/mol. The van der Waals surface area contributed by atoms with Crippen molar-refractivity contribution in [1.82, 2.24) is 10.2 Å². The van der Waals surface area contributed by atoms with E-state index in [2.05, 4.69) is 21.2 Å². The molecule has 13 heteroatoms. The number of hydrogen-bond acceptors (Lipinski definition) is 7. The molecular weight excluding hydrogens is 543 g/mol. The first-order valence-corrected chi connectivity index (χ1v) is 11.9. The zero-order valence-corrected chi connectivity index (χ0v) is 20.0. The molecule has 8 nitrogen and oxygen atoms in total. The van der Waals surface area contributed by atoms with Crippen LogP contribution in [0.1, 0.15) is 11.8 Å². The number of thiophene rings is 1. The molecule has 0 spiro atoms. The van der Waals surface area contributed by atoms with Gasteiger partial charge in [0.1, 0.15) is 27.9 Å². The van der Waals surface area contributed by atoms with E-state index in [9.17, 15) is 24.3 Å². The standard InChI is InChI=1S/C17H15BrCl2N2O6S2/c1-7(23)28-5-17(16(26)27)4-22-14(25)11(15(22)29-6-17)21-13(24)10(12(19)20)8-2-3-9(18)30-8/h2-3,11,15H,4-6H2,1H3,(H,21,24)(H,26,27)/t11?,15-,17?/m1/s1. The number of carboxylic acid groups (broad SMARTS) is 1. The molecule has 2 aliphatic rings. The average Bonchev–Trinajstić information content (AvgIpc) is 3.09. The summed E-state index contributed by atoms with van der Waals surface area (Å²) in [6, 6.07) is 2.58. The van der Waals surface area contributed by atoms with Crippen molar-refractivity contribution in [3.63, 3.8) is 0 Å². The molecule has 0 bridgehead atoms. The molecule has 2 fully saturated rings. The molecule has 0 saturated carbocycles. The lowest BCUT2D eigenvalue weighted by Crippen LogP contribution is -2.74. The van der Waals surface area contributed by atoms with Gasteiger partial charge < -0.3 is 20.1 Å². The smallest absolute Gasteiger partial charge is 0.315 e. The number of rotatable bonds is 6. The molecule has 162 valence electrons. The van der Waals surface area contributed by atoms with Crippen LogP contribution >= 0.6 is 62.2 Å². The van der Waals surface area contributed by atoms with E-state index < -0.39 is 40.6 Å². The lowest BCUT2D eigenvalue weighted by atomic mass is 9.88. The first kappa shape index (κ1) is 23.4. The van der Waals surface area contributed by atoms with Crippen molar-refractivity contribution < 1.29 is 29.0 Å². The maximum Gasteiger partial charge on any atom is 0.315 e. The number of β-lactam (4-membered cyclic amide) rings is 1. The molecule has 2 saturated heterocycles. The third-order valence-corrected chi connectivity index (χ3v) is 8.28. The number of thioether (sulfide) groups is 1. The molecule has 0 radical (unpaired) electrons. The zero-order valence-electron chi connectivity index (χ0n) is 15.3. The molecule has 3 atom stereocenters. The van der Waals surface area contributed by atoms with Crippen LogP contribution in [0.4, 0.5) is 0 Å². The summed E-state index contributed by atoms with van der Waals surface area (Å²) in [6.45, 7) is 0.740. The lowest BCUT2D eigenvalue weighted by molar-refractivity contribution is -0.164. The van der Waals surface area contributed by atoms with E-state index in [-0.39, 0.29) is 29.0 Å². The average molecular weight is 558 g/mol. The lowest BCUT2D eigenvalue weighted by Gasteiger charge is -2.53. The van der Waals surface area contributed by atoms with Gasteiger partial charge in [0, 0.05) is 24.1 Å². The van der Waals surface area contributed by atoms with E-state index >= 15 is 0 Å². The van der Waals surface area contributed by atoms with Gasteiger partial charge in [0.25, 0.3) is 5.91 Å². The second-order valence-corrected chi connectivity index (χ2v) is 11.2. The number of hydrogen-bond donors (Lipinski definition) is 2. The number of halogens is 3. The van der Waals surface area contributed by atoms with Gasteiger partial charge in [0.15, 0.2) is 0 Å². The highest BCUT2D eigenvalue weighted by molar-refractivity contribution is 9.11. The first-order chi connectivity index (χ1) is 14.1. The van der Waals surface area contributed by atoms with E-state index in [1.807, 2.05) is 0 Å². The number of ether oxygens (including phenoxy) is 1. The third kappa shape index (κ3) is 4.50. The molecular formula is C17H15BrCl2N2O6S2. The summed E-state index contributed by atoms with van der Waals surface area (Å²) in [5.74, 6) is -2.66. The first-order valence-electron chi connectivity index (χ1n) is 8.46. The zero-order chi connectivity index (χ0) is 22.2. The summed E-state index contributed by atoms with van der Waals surface area (Å²) in [5.41, 5.74) is -1.35. The van der Waals surface area contributed by atoms with Crippen LogP contribution in [0.2, 0.25) is 0 Å². The van der Waals surface area contributed by atoms with Crippen LogP contribution in [0.3, 0.4) is 0 Å². The molecule has 3 rings (SSSR count). The Kier molecular flexibility index (Phi) is 7.08. The number of carbonyl (C=O) groups is 4. The second kappa shape index (κ2) is 9.07. The van der Waals surface area contributed by atoms with Gasteiger partial charge in [-0.25, -0.2) is 0 Å². The second-order valence-electron chi connectivity index (χ2n) is 6.72. The van der Waals surface area contributed by atoms with Gasteiger partial charge in [0.2, 0.25) is 5.91 Å². The molecule has 1 aromatic rings. The van der Waals surface area contributed by atoms with Gasteiger partial charge in [-0.15, -0.1) is 23.1 Å². The topological polar surface area (TPSA) is 113 Å². The Labute approximate surface area is 198 Å². The predicted molar refractivity (Wildman–Crippen MR) is 117 cm³/mol. The number of carboxylic acids is 1. The molecule has 0 aliphatic carbocycles. The summed E-state index contributed by atoms with van der Waals surface area (Å²) in [5, 5.41) is 11.8. The number of carbonyl (C=O) groups excluding carboxylic acids is 3. The fourth-order valence-corrected chi connectivity index (χ4v) is 6.54. The van der Waals surface area contributed by atoms with Gasteiger partial charge in [-0.3, -0.25) is 19.2 Å². The molecule has 0 aromatic carbocycles. The fraction of sp³-hybridized carbons (Fsp3) is 0.412. The van der Waals surface area contributed by atoms with Crippen LogP contribution in [0.5, 0.6) is 0 Å². The van der Waals surface area contributed by atoms with Crippen molar-refractivity contribution >= 4 is 91.6 Å². The Hall–Kier alpha value is -1.27. The number of nitrogens with zero attached hydrogens (tertiary/aromatic N) is 1. The number of nitrogens with one attached hydrogen (secondary N) is 1. The number of aliphatic carboxylic acids is 1. The van der Waals surface area contributed by atoms with Crippen molar-refractivity contribution in [3.8, 4) is 0 Å². The quantitative estimate of drug-likeness (QED) is 0.314. The van der Waals surface area contributed by atoms with Gasteiger partial charge in [-0.1, -0.05) is 23.2 Å². The maximum atomic E-state index is 12.8. The normalized spacial score (nSPS) is 25.1. The molecule has 2 amide bonds. The van der Waals surface area contributed by atoms with Crippen LogP contribution in [-0.4, -0.2) is 64.1 Å². The van der Waals surface area contributed by atoms with Crippen LogP contribution in [-0.2, 0) is 23.9 Å². The Bertz CT molecular complexity index is 950. The van der Waals surface area contributed by atoms with Gasteiger partial charge >= 0.3 is 11.9 Å². The van der Waals surface area contributed by atoms with Crippen LogP contribution < -0.4 is 5.32 Å². The van der Waals surface area contributed by atoms with Crippen molar-refractivity contribution in [1.29, 1.82) is 0 Å². The van der Waals surface area contributed by atoms with Crippen molar-refractivity contribution in [2.45, 2.75) is 18.3 Å². The number of fused-ring (bicyclic) bond motifs is 1. The number of esters is 1. The van der Waals surface area contributed by atoms with Gasteiger partial charge in [-0.2, -0.15) is 0 Å². The Morgan fingerprint density at radius 3 is 2.63 bits per heavy atom. The molecule has 2 unspecified atom stereocenters. The Balaban J connectivity index is 1.71. The fourth-order valence-electron chi connectivity index (χ4n) is 3.10. The largest absolute Gasteiger partial charge is 0.481 e. The van der Waals surface area contributed by atoms with Crippen LogP contribution in [0.15, 0.2) is 20.4 Å². The van der Waals surface area contributed by atoms with Crippen molar-refractivity contribution in [3.05, 3.63) is 25.3 Å². The van der Waals surface area contributed by atoms with Gasteiger partial charge in [0.05, 0.1) is 9.36 Å². The summed E-state index contributed by atoms with van der Waals surface area (Å²) in [6.07, 6.45) is 0. The van der Waals surface area contributed by atoms with E-state index in [4.69, 9.17) is 27.9 Å². The van der Waals surface area contributed by atoms with Crippen LogP contribution in [0.25, 0.3) is 5.57 Å². The van der Waals surface area contributed by atoms with Crippen molar-refractivity contribution in [2.75, 3.05) is 18.9 Å². The molecule has 3 heterocycles. The van der Waals surface area contributed by atoms with Crippen molar-refractivity contribution in [2.24, 2.45) is 5.41 Å². The summed E-state index contributed by atoms with van der Waals surface area (Å²) in [7, 11) is 0. The molecule has 2 aliphatic heterocycles. The van der Waals surface area contributed by atoms with E-state index in [1.54, 1.807) is 12.1 Å². The van der Waals surface area contributed by atoms with E-state index in [1.165, 1.54) is 34.9 Å². The number of amides is 2. The summed E-state index contributed by atoms with van der Waals surface area (Å²) in [4.78, 5) is 50.2. The van der Waals surface area contributed by atoms with Gasteiger partial charge in [-0.05, 0) is 28.1 Å². The Morgan fingerprint density at radius 2 is 2.10 bits per heavy atom. The predicted octanol–water partition coefficient (Wildman–Crippen LogP) is 2.69. The Morgan fingerprint density at radius 1 is 1.40 bits per heavy atom. The molecule has 30 heavy (non-hydrogen) atoms. The minimum atomic E-state index is -1.40. The highest BCUT2D eigenvalue weighted by Crippen LogP contribution is 2.43. The van der Waals surface area contributed by atoms with Crippen LogP contribution in [0, 0.1) is 5.41 Å². The SMILES string of the molecule is CC(=O)OCC1(C(=O)O)CS[C@@H]2C(NC(=O)C(=C(Cl)Cl)c3ccc(Br)s3)C(=O)N2C1. The third-order valence-electron chi connectivity index (χ3n) is 4.67. The van der Waals surface area contributed by atoms with E-state index in [0.717, 1.165) is 3.79 Å². The molecule has 1 aromatic heterocycles. The highest BCUT2D eigenvalue weighted by atomic mass is 79.9. The summed E-state index contributed by atoms with van der Waals surface area (Å²) >= 11 is 17.6.